The van der Waals surface area contributed by atoms with Gasteiger partial charge in [-0.05, 0) is 30.7 Å². The van der Waals surface area contributed by atoms with Crippen LogP contribution < -0.4 is 10.5 Å². The Kier molecular flexibility index (Phi) is 2.99. The smallest absolute Gasteiger partial charge is 0.165 e. The summed E-state index contributed by atoms with van der Waals surface area (Å²) in [5.74, 6) is 1.81. The molecule has 2 N–H and O–H groups in total. The van der Waals surface area contributed by atoms with Gasteiger partial charge in [-0.25, -0.2) is 9.97 Å². The number of nitrogens with zero attached hydrogens (tertiary/aromatic N) is 2. The van der Waals surface area contributed by atoms with E-state index in [0.717, 1.165) is 27.8 Å². The van der Waals surface area contributed by atoms with Crippen LogP contribution in [-0.2, 0) is 0 Å². The van der Waals surface area contributed by atoms with E-state index >= 15 is 0 Å². The molecule has 0 fully saturated rings. The molecule has 0 radical (unpaired) electrons. The molecule has 0 bridgehead atoms. The first-order valence-corrected chi connectivity index (χ1v) is 6.37. The lowest BCUT2D eigenvalue weighted by Gasteiger charge is -2.10. The van der Waals surface area contributed by atoms with Gasteiger partial charge in [-0.2, -0.15) is 0 Å². The van der Waals surface area contributed by atoms with Gasteiger partial charge < -0.3 is 10.5 Å². The fourth-order valence-corrected chi connectivity index (χ4v) is 2.27. The number of methoxy groups -OCH3 is 1. The molecule has 0 unspecified atom stereocenters. The van der Waals surface area contributed by atoms with Crippen LogP contribution in [0.2, 0.25) is 0 Å². The van der Waals surface area contributed by atoms with Crippen LogP contribution in [0.25, 0.3) is 22.3 Å². The molecule has 1 aromatic heterocycles. The second-order valence-electron chi connectivity index (χ2n) is 4.60. The molecule has 0 atom stereocenters. The molecule has 0 amide bonds. The molecule has 0 saturated carbocycles. The van der Waals surface area contributed by atoms with Gasteiger partial charge in [-0.3, -0.25) is 0 Å². The third-order valence-corrected chi connectivity index (χ3v) is 3.31. The third-order valence-electron chi connectivity index (χ3n) is 3.31. The van der Waals surface area contributed by atoms with E-state index in [1.54, 1.807) is 7.11 Å². The van der Waals surface area contributed by atoms with Crippen LogP contribution >= 0.6 is 0 Å². The maximum Gasteiger partial charge on any atom is 0.165 e. The maximum atomic E-state index is 6.06. The van der Waals surface area contributed by atoms with Crippen molar-refractivity contribution in [1.29, 1.82) is 0 Å². The van der Waals surface area contributed by atoms with E-state index in [-0.39, 0.29) is 0 Å². The summed E-state index contributed by atoms with van der Waals surface area (Å²) < 4.78 is 5.36. The minimum atomic E-state index is 0.486. The van der Waals surface area contributed by atoms with Crippen molar-refractivity contribution >= 4 is 16.7 Å². The molecular weight excluding hydrogens is 250 g/mol. The standard InChI is InChI=1S/C16H15N3O/c1-10-6-5-8-12-14(10)18-16(19-15(12)17)11-7-3-4-9-13(11)20-2/h3-9H,1-2H3,(H2,17,18,19). The predicted octanol–water partition coefficient (Wildman–Crippen LogP) is 3.20. The molecule has 3 rings (SSSR count). The summed E-state index contributed by atoms with van der Waals surface area (Å²) in [7, 11) is 1.63. The number of fused-ring (bicyclic) bond motifs is 1. The number of anilines is 1. The van der Waals surface area contributed by atoms with Gasteiger partial charge >= 0.3 is 0 Å². The molecule has 0 spiro atoms. The number of benzene rings is 2. The molecule has 0 aliphatic carbocycles. The average Bonchev–Trinajstić information content (AvgIpc) is 2.48. The zero-order chi connectivity index (χ0) is 14.1. The Morgan fingerprint density at radius 1 is 1.00 bits per heavy atom. The number of nitrogens with two attached hydrogens (primary N) is 1. The van der Waals surface area contributed by atoms with Gasteiger partial charge in [0, 0.05) is 5.39 Å². The lowest BCUT2D eigenvalue weighted by atomic mass is 10.1. The van der Waals surface area contributed by atoms with E-state index in [0.29, 0.717) is 11.6 Å². The van der Waals surface area contributed by atoms with Gasteiger partial charge in [0.15, 0.2) is 5.82 Å². The number of aromatic nitrogens is 2. The van der Waals surface area contributed by atoms with Gasteiger partial charge in [-0.15, -0.1) is 0 Å². The van der Waals surface area contributed by atoms with Gasteiger partial charge in [0.25, 0.3) is 0 Å². The Bertz CT molecular complexity index is 784. The van der Waals surface area contributed by atoms with Gasteiger partial charge in [-0.1, -0.05) is 24.3 Å². The maximum absolute atomic E-state index is 6.06. The minimum Gasteiger partial charge on any atom is -0.496 e. The Morgan fingerprint density at radius 3 is 2.60 bits per heavy atom. The SMILES string of the molecule is COc1ccccc1-c1nc(N)c2cccc(C)c2n1. The largest absolute Gasteiger partial charge is 0.496 e. The molecule has 0 aliphatic rings. The Labute approximate surface area is 117 Å². The lowest BCUT2D eigenvalue weighted by Crippen LogP contribution is -2.00. The molecule has 3 aromatic rings. The zero-order valence-electron chi connectivity index (χ0n) is 11.4. The van der Waals surface area contributed by atoms with Crippen molar-refractivity contribution in [2.24, 2.45) is 0 Å². The number of ether oxygens (including phenoxy) is 1. The van der Waals surface area contributed by atoms with E-state index in [4.69, 9.17) is 10.5 Å². The number of para-hydroxylation sites is 2. The number of rotatable bonds is 2. The van der Waals surface area contributed by atoms with Crippen LogP contribution in [0, 0.1) is 6.92 Å². The topological polar surface area (TPSA) is 61.0 Å². The number of hydrogen-bond acceptors (Lipinski definition) is 4. The highest BCUT2D eigenvalue weighted by atomic mass is 16.5. The molecular formula is C16H15N3O. The summed E-state index contributed by atoms with van der Waals surface area (Å²) in [5.41, 5.74) is 8.85. The molecule has 20 heavy (non-hydrogen) atoms. The van der Waals surface area contributed by atoms with Crippen molar-refractivity contribution in [2.45, 2.75) is 6.92 Å². The van der Waals surface area contributed by atoms with Crippen molar-refractivity contribution in [3.8, 4) is 17.1 Å². The fourth-order valence-electron chi connectivity index (χ4n) is 2.27. The van der Waals surface area contributed by atoms with Crippen molar-refractivity contribution in [2.75, 3.05) is 12.8 Å². The van der Waals surface area contributed by atoms with E-state index in [2.05, 4.69) is 9.97 Å². The second-order valence-corrected chi connectivity index (χ2v) is 4.60. The first-order valence-electron chi connectivity index (χ1n) is 6.37. The summed E-state index contributed by atoms with van der Waals surface area (Å²) in [6, 6.07) is 13.6. The lowest BCUT2D eigenvalue weighted by molar-refractivity contribution is 0.416. The molecule has 100 valence electrons. The molecule has 4 heteroatoms. The van der Waals surface area contributed by atoms with Crippen molar-refractivity contribution in [3.63, 3.8) is 0 Å². The average molecular weight is 265 g/mol. The Balaban J connectivity index is 2.30. The number of hydrogen-bond donors (Lipinski definition) is 1. The number of aryl methyl sites for hydroxylation is 1. The van der Waals surface area contributed by atoms with Gasteiger partial charge in [0.2, 0.25) is 0 Å². The summed E-state index contributed by atoms with van der Waals surface area (Å²) in [5, 5.41) is 0.878. The highest BCUT2D eigenvalue weighted by molar-refractivity contribution is 5.91. The van der Waals surface area contributed by atoms with Crippen LogP contribution in [0.15, 0.2) is 42.5 Å². The highest BCUT2D eigenvalue weighted by Gasteiger charge is 2.12. The molecule has 0 saturated heterocycles. The fraction of sp³-hybridized carbons (Fsp3) is 0.125. The van der Waals surface area contributed by atoms with E-state index in [9.17, 15) is 0 Å². The van der Waals surface area contributed by atoms with E-state index in [1.165, 1.54) is 0 Å². The van der Waals surface area contributed by atoms with Gasteiger partial charge in [0.1, 0.15) is 11.6 Å². The van der Waals surface area contributed by atoms with Crippen molar-refractivity contribution < 1.29 is 4.74 Å². The van der Waals surface area contributed by atoms with Gasteiger partial charge in [0.05, 0.1) is 18.2 Å². The van der Waals surface area contributed by atoms with Crippen molar-refractivity contribution in [1.82, 2.24) is 9.97 Å². The number of nitrogen functional groups attached to an aromatic ring is 1. The first-order chi connectivity index (χ1) is 9.70. The molecule has 2 aromatic carbocycles. The van der Waals surface area contributed by atoms with E-state index < -0.39 is 0 Å². The molecule has 0 aliphatic heterocycles. The first kappa shape index (κ1) is 12.4. The third kappa shape index (κ3) is 1.95. The second kappa shape index (κ2) is 4.81. The molecule has 4 nitrogen and oxygen atoms in total. The zero-order valence-corrected chi connectivity index (χ0v) is 11.4. The van der Waals surface area contributed by atoms with Crippen molar-refractivity contribution in [3.05, 3.63) is 48.0 Å². The van der Waals surface area contributed by atoms with Crippen LogP contribution in [0.1, 0.15) is 5.56 Å². The van der Waals surface area contributed by atoms with Crippen LogP contribution in [0.3, 0.4) is 0 Å². The summed E-state index contributed by atoms with van der Waals surface area (Å²) in [4.78, 5) is 9.05. The summed E-state index contributed by atoms with van der Waals surface area (Å²) in [6.45, 7) is 2.01. The normalized spacial score (nSPS) is 10.7. The highest BCUT2D eigenvalue weighted by Crippen LogP contribution is 2.30. The quantitative estimate of drug-likeness (QED) is 0.773. The monoisotopic (exact) mass is 265 g/mol. The Hall–Kier alpha value is -2.62. The summed E-state index contributed by atoms with van der Waals surface area (Å²) in [6.07, 6.45) is 0. The summed E-state index contributed by atoms with van der Waals surface area (Å²) >= 11 is 0. The van der Waals surface area contributed by atoms with Crippen LogP contribution in [0.4, 0.5) is 5.82 Å². The van der Waals surface area contributed by atoms with Crippen LogP contribution in [-0.4, -0.2) is 17.1 Å². The Morgan fingerprint density at radius 2 is 1.80 bits per heavy atom. The van der Waals surface area contributed by atoms with Crippen LogP contribution in [0.5, 0.6) is 5.75 Å². The minimum absolute atomic E-state index is 0.486. The molecule has 1 heterocycles. The van der Waals surface area contributed by atoms with E-state index in [1.807, 2.05) is 49.4 Å². The predicted molar refractivity (Wildman–Crippen MR) is 80.7 cm³/mol.